The molecule has 1 aromatic carbocycles. The molecule has 0 radical (unpaired) electrons. The predicted octanol–water partition coefficient (Wildman–Crippen LogP) is 2.14. The number of carboxylic acid groups (broad SMARTS) is 1. The number of imidazole rings is 1. The van der Waals surface area contributed by atoms with E-state index in [0.29, 0.717) is 11.6 Å². The monoisotopic (exact) mass is 273 g/mol. The lowest BCUT2D eigenvalue weighted by molar-refractivity contribution is 0.0698. The second kappa shape index (κ2) is 4.90. The van der Waals surface area contributed by atoms with Gasteiger partial charge in [0.2, 0.25) is 0 Å². The predicted molar refractivity (Wildman–Crippen MR) is 77.1 cm³/mol. The van der Waals surface area contributed by atoms with Gasteiger partial charge in [-0.1, -0.05) is 6.07 Å². The third kappa shape index (κ3) is 2.08. The molecule has 3 rings (SSSR count). The highest BCUT2D eigenvalue weighted by Crippen LogP contribution is 2.24. The molecule has 5 heteroatoms. The van der Waals surface area contributed by atoms with E-state index in [9.17, 15) is 9.90 Å². The number of benzene rings is 1. The first-order chi connectivity index (χ1) is 9.58. The second-order valence-electron chi connectivity index (χ2n) is 5.52. The number of hydrogen-bond acceptors (Lipinski definition) is 3. The number of aryl methyl sites for hydroxylation is 1. The molecule has 1 N–H and O–H groups in total. The van der Waals surface area contributed by atoms with Crippen LogP contribution in [-0.4, -0.2) is 45.2 Å². The second-order valence-corrected chi connectivity index (χ2v) is 5.52. The molecule has 1 aliphatic heterocycles. The van der Waals surface area contributed by atoms with Crippen molar-refractivity contribution in [3.8, 4) is 0 Å². The molecular weight excluding hydrogens is 254 g/mol. The maximum absolute atomic E-state index is 11.4. The minimum Gasteiger partial charge on any atom is -0.478 e. The SMILES string of the molecule is Cc1nc2cccc(C(=O)O)c2n1CC1CCCN1C. The van der Waals surface area contributed by atoms with E-state index >= 15 is 0 Å². The number of carboxylic acids is 1. The smallest absolute Gasteiger partial charge is 0.337 e. The number of nitrogens with zero attached hydrogens (tertiary/aromatic N) is 3. The molecular formula is C15H19N3O2. The zero-order valence-electron chi connectivity index (χ0n) is 11.8. The average Bonchev–Trinajstić information content (AvgIpc) is 2.94. The minimum atomic E-state index is -0.892. The number of likely N-dealkylation sites (N-methyl/N-ethyl adjacent to an activating group) is 1. The number of fused-ring (bicyclic) bond motifs is 1. The van der Waals surface area contributed by atoms with Crippen LogP contribution in [0.4, 0.5) is 0 Å². The summed E-state index contributed by atoms with van der Waals surface area (Å²) in [5.74, 6) is -0.00877. The van der Waals surface area contributed by atoms with E-state index in [1.165, 1.54) is 6.42 Å². The van der Waals surface area contributed by atoms with Crippen molar-refractivity contribution in [1.29, 1.82) is 0 Å². The van der Waals surface area contributed by atoms with Crippen molar-refractivity contribution in [2.24, 2.45) is 0 Å². The fourth-order valence-electron chi connectivity index (χ4n) is 3.12. The molecule has 2 heterocycles. The summed E-state index contributed by atoms with van der Waals surface area (Å²) in [7, 11) is 2.13. The molecule has 0 spiro atoms. The van der Waals surface area contributed by atoms with Crippen LogP contribution in [-0.2, 0) is 6.54 Å². The molecule has 5 nitrogen and oxygen atoms in total. The van der Waals surface area contributed by atoms with Crippen molar-refractivity contribution in [1.82, 2.24) is 14.5 Å². The number of aromatic carboxylic acids is 1. The van der Waals surface area contributed by atoms with Gasteiger partial charge in [0.25, 0.3) is 0 Å². The lowest BCUT2D eigenvalue weighted by Crippen LogP contribution is -2.29. The molecule has 106 valence electrons. The summed E-state index contributed by atoms with van der Waals surface area (Å²) in [6.07, 6.45) is 2.36. The highest BCUT2D eigenvalue weighted by atomic mass is 16.4. The van der Waals surface area contributed by atoms with Gasteiger partial charge in [0.05, 0.1) is 16.6 Å². The van der Waals surface area contributed by atoms with Gasteiger partial charge in [0, 0.05) is 12.6 Å². The fraction of sp³-hybridized carbons (Fsp3) is 0.467. The van der Waals surface area contributed by atoms with E-state index in [4.69, 9.17) is 0 Å². The number of aromatic nitrogens is 2. The van der Waals surface area contributed by atoms with E-state index in [0.717, 1.165) is 36.4 Å². The molecule has 0 amide bonds. The largest absolute Gasteiger partial charge is 0.478 e. The van der Waals surface area contributed by atoms with Crippen LogP contribution in [0, 0.1) is 6.92 Å². The summed E-state index contributed by atoms with van der Waals surface area (Å²) in [5.41, 5.74) is 1.85. The maximum Gasteiger partial charge on any atom is 0.337 e. The molecule has 0 saturated carbocycles. The summed E-state index contributed by atoms with van der Waals surface area (Å²) < 4.78 is 2.06. The minimum absolute atomic E-state index is 0.337. The molecule has 1 unspecified atom stereocenters. The zero-order chi connectivity index (χ0) is 14.3. The van der Waals surface area contributed by atoms with E-state index in [1.807, 2.05) is 13.0 Å². The summed E-state index contributed by atoms with van der Waals surface area (Å²) in [5, 5.41) is 9.38. The third-order valence-corrected chi connectivity index (χ3v) is 4.25. The first-order valence-corrected chi connectivity index (χ1v) is 6.97. The van der Waals surface area contributed by atoms with Crippen molar-refractivity contribution in [3.63, 3.8) is 0 Å². The molecule has 0 aliphatic carbocycles. The molecule has 1 atom stereocenters. The Labute approximate surface area is 117 Å². The van der Waals surface area contributed by atoms with E-state index < -0.39 is 5.97 Å². The van der Waals surface area contributed by atoms with Gasteiger partial charge in [-0.3, -0.25) is 0 Å². The Morgan fingerprint density at radius 2 is 2.30 bits per heavy atom. The van der Waals surface area contributed by atoms with Crippen LogP contribution in [0.25, 0.3) is 11.0 Å². The maximum atomic E-state index is 11.4. The Hall–Kier alpha value is -1.88. The van der Waals surface area contributed by atoms with Crippen molar-refractivity contribution in [2.45, 2.75) is 32.4 Å². The van der Waals surface area contributed by atoms with Crippen molar-refractivity contribution < 1.29 is 9.90 Å². The molecule has 1 saturated heterocycles. The Morgan fingerprint density at radius 3 is 2.95 bits per heavy atom. The molecule has 2 aromatic rings. The third-order valence-electron chi connectivity index (χ3n) is 4.25. The van der Waals surface area contributed by atoms with E-state index in [1.54, 1.807) is 12.1 Å². The van der Waals surface area contributed by atoms with Gasteiger partial charge in [0.1, 0.15) is 5.82 Å². The van der Waals surface area contributed by atoms with Gasteiger partial charge in [0.15, 0.2) is 0 Å². The summed E-state index contributed by atoms with van der Waals surface area (Å²) in [4.78, 5) is 18.3. The highest BCUT2D eigenvalue weighted by Gasteiger charge is 2.24. The van der Waals surface area contributed by atoms with Gasteiger partial charge in [-0.25, -0.2) is 9.78 Å². The van der Waals surface area contributed by atoms with E-state index in [2.05, 4.69) is 21.5 Å². The number of hydrogen-bond donors (Lipinski definition) is 1. The molecule has 1 aromatic heterocycles. The molecule has 0 bridgehead atoms. The topological polar surface area (TPSA) is 58.4 Å². The summed E-state index contributed by atoms with van der Waals surface area (Å²) in [6, 6.07) is 5.75. The highest BCUT2D eigenvalue weighted by molar-refractivity contribution is 6.01. The van der Waals surface area contributed by atoms with Crippen LogP contribution < -0.4 is 0 Å². The molecule has 1 aliphatic rings. The quantitative estimate of drug-likeness (QED) is 0.930. The Kier molecular flexibility index (Phi) is 3.22. The summed E-state index contributed by atoms with van der Waals surface area (Å²) >= 11 is 0. The van der Waals surface area contributed by atoms with Crippen LogP contribution in [0.15, 0.2) is 18.2 Å². The lowest BCUT2D eigenvalue weighted by atomic mass is 10.1. The van der Waals surface area contributed by atoms with Gasteiger partial charge in [-0.15, -0.1) is 0 Å². The number of para-hydroxylation sites is 1. The molecule has 20 heavy (non-hydrogen) atoms. The number of carbonyl (C=O) groups is 1. The lowest BCUT2D eigenvalue weighted by Gasteiger charge is -2.21. The average molecular weight is 273 g/mol. The number of rotatable bonds is 3. The Balaban J connectivity index is 2.09. The van der Waals surface area contributed by atoms with Crippen LogP contribution in [0.2, 0.25) is 0 Å². The van der Waals surface area contributed by atoms with Crippen LogP contribution in [0.5, 0.6) is 0 Å². The van der Waals surface area contributed by atoms with Gasteiger partial charge in [-0.2, -0.15) is 0 Å². The normalized spacial score (nSPS) is 19.8. The van der Waals surface area contributed by atoms with Gasteiger partial charge in [-0.05, 0) is 45.5 Å². The van der Waals surface area contributed by atoms with Gasteiger partial charge >= 0.3 is 5.97 Å². The van der Waals surface area contributed by atoms with Crippen molar-refractivity contribution in [3.05, 3.63) is 29.6 Å². The Morgan fingerprint density at radius 1 is 1.50 bits per heavy atom. The van der Waals surface area contributed by atoms with Gasteiger partial charge < -0.3 is 14.6 Å². The van der Waals surface area contributed by atoms with Crippen LogP contribution in [0.3, 0.4) is 0 Å². The standard InChI is InChI=1S/C15H19N3O2/c1-10-16-13-7-3-6-12(15(19)20)14(13)18(10)9-11-5-4-8-17(11)2/h3,6-7,11H,4-5,8-9H2,1-2H3,(H,19,20). The first-order valence-electron chi connectivity index (χ1n) is 6.97. The number of likely N-dealkylation sites (tertiary alicyclic amines) is 1. The zero-order valence-corrected chi connectivity index (χ0v) is 11.8. The molecule has 1 fully saturated rings. The first kappa shape index (κ1) is 13.1. The van der Waals surface area contributed by atoms with E-state index in [-0.39, 0.29) is 0 Å². The van der Waals surface area contributed by atoms with Crippen molar-refractivity contribution >= 4 is 17.0 Å². The summed E-state index contributed by atoms with van der Waals surface area (Å²) in [6.45, 7) is 3.87. The van der Waals surface area contributed by atoms with Crippen LogP contribution in [0.1, 0.15) is 29.0 Å². The Bertz CT molecular complexity index is 662. The fourth-order valence-corrected chi connectivity index (χ4v) is 3.12. The van der Waals surface area contributed by atoms with Crippen molar-refractivity contribution in [2.75, 3.05) is 13.6 Å². The van der Waals surface area contributed by atoms with Crippen LogP contribution >= 0.6 is 0 Å².